The first kappa shape index (κ1) is 19.4. The lowest BCUT2D eigenvalue weighted by molar-refractivity contribution is -0.384. The number of rotatable bonds is 5. The number of amides is 1. The molecule has 0 bridgehead atoms. The quantitative estimate of drug-likeness (QED) is 0.460. The van der Waals surface area contributed by atoms with Crippen molar-refractivity contribution in [2.75, 3.05) is 18.5 Å². The maximum absolute atomic E-state index is 12.3. The molecule has 1 N–H and O–H groups in total. The average Bonchev–Trinajstić information content (AvgIpc) is 2.68. The number of nitro groups is 1. The van der Waals surface area contributed by atoms with Gasteiger partial charge < -0.3 is 19.5 Å². The molecule has 1 aliphatic heterocycles. The van der Waals surface area contributed by atoms with Crippen molar-refractivity contribution in [2.24, 2.45) is 0 Å². The van der Waals surface area contributed by atoms with Crippen LogP contribution in [0.25, 0.3) is 0 Å². The maximum atomic E-state index is 12.3. The number of nitrogens with zero attached hydrogens (tertiary/aromatic N) is 1. The van der Waals surface area contributed by atoms with E-state index in [1.165, 1.54) is 31.2 Å². The van der Waals surface area contributed by atoms with Gasteiger partial charge in [0.15, 0.2) is 17.6 Å². The lowest BCUT2D eigenvalue weighted by Gasteiger charge is -2.19. The molecule has 146 valence electrons. The fraction of sp³-hybridized carbons (Fsp3) is 0.222. The van der Waals surface area contributed by atoms with Gasteiger partial charge in [-0.05, 0) is 31.2 Å². The molecule has 1 aliphatic rings. The summed E-state index contributed by atoms with van der Waals surface area (Å²) in [7, 11) is 0. The Hall–Kier alpha value is -3.33. The summed E-state index contributed by atoms with van der Waals surface area (Å²) in [5, 5.41) is 13.4. The summed E-state index contributed by atoms with van der Waals surface area (Å²) in [6.45, 7) is 2.17. The topological polar surface area (TPSA) is 117 Å². The van der Waals surface area contributed by atoms with Gasteiger partial charge in [-0.3, -0.25) is 14.9 Å². The minimum atomic E-state index is -1.17. The van der Waals surface area contributed by atoms with Crippen LogP contribution in [0.2, 0.25) is 5.02 Å². The molecule has 1 atom stereocenters. The van der Waals surface area contributed by atoms with Crippen LogP contribution in [-0.2, 0) is 9.53 Å². The third-order valence-electron chi connectivity index (χ3n) is 3.85. The van der Waals surface area contributed by atoms with Crippen LogP contribution in [0.3, 0.4) is 0 Å². The molecule has 10 heteroatoms. The molecule has 1 amide bonds. The van der Waals surface area contributed by atoms with Gasteiger partial charge in [-0.2, -0.15) is 0 Å². The summed E-state index contributed by atoms with van der Waals surface area (Å²) in [5.74, 6) is -0.479. The number of nitro benzene ring substituents is 1. The summed E-state index contributed by atoms with van der Waals surface area (Å²) in [5.41, 5.74) is 0.000928. The Morgan fingerprint density at radius 1 is 1.18 bits per heavy atom. The van der Waals surface area contributed by atoms with Crippen molar-refractivity contribution in [2.45, 2.75) is 13.0 Å². The second kappa shape index (κ2) is 8.13. The van der Waals surface area contributed by atoms with E-state index in [0.717, 1.165) is 6.07 Å². The molecular formula is C18H15ClN2O7. The number of benzene rings is 2. The van der Waals surface area contributed by atoms with E-state index in [2.05, 4.69) is 5.32 Å². The Morgan fingerprint density at radius 2 is 1.89 bits per heavy atom. The van der Waals surface area contributed by atoms with Crippen LogP contribution in [0.1, 0.15) is 17.3 Å². The van der Waals surface area contributed by atoms with Crippen molar-refractivity contribution in [3.05, 3.63) is 57.1 Å². The van der Waals surface area contributed by atoms with Crippen LogP contribution in [0.4, 0.5) is 11.4 Å². The Labute approximate surface area is 164 Å². The molecule has 3 rings (SSSR count). The van der Waals surface area contributed by atoms with E-state index in [-0.39, 0.29) is 22.0 Å². The number of hydrogen-bond donors (Lipinski definition) is 1. The molecule has 1 heterocycles. The number of anilines is 1. The summed E-state index contributed by atoms with van der Waals surface area (Å²) in [6.07, 6.45) is -1.17. The second-order valence-electron chi connectivity index (χ2n) is 5.82. The molecule has 9 nitrogen and oxygen atoms in total. The van der Waals surface area contributed by atoms with Crippen molar-refractivity contribution in [3.63, 3.8) is 0 Å². The van der Waals surface area contributed by atoms with E-state index < -0.39 is 22.9 Å². The van der Waals surface area contributed by atoms with Crippen molar-refractivity contribution in [3.8, 4) is 11.5 Å². The number of carbonyl (C=O) groups is 2. The number of ether oxygens (including phenoxy) is 3. The number of non-ortho nitro benzene ring substituents is 1. The molecule has 0 fully saturated rings. The van der Waals surface area contributed by atoms with Crippen LogP contribution in [0, 0.1) is 10.1 Å². The van der Waals surface area contributed by atoms with Crippen LogP contribution in [-0.4, -0.2) is 36.1 Å². The SMILES string of the molecule is C[C@H](OC(=O)c1ccc2c(c1)OCCO2)C(=O)Nc1cc([N+](=O)[O-])ccc1Cl. The van der Waals surface area contributed by atoms with Crippen LogP contribution >= 0.6 is 11.6 Å². The minimum absolute atomic E-state index is 0.0445. The number of halogens is 1. The van der Waals surface area contributed by atoms with Gasteiger partial charge in [0, 0.05) is 12.1 Å². The molecule has 2 aromatic rings. The molecule has 0 saturated heterocycles. The largest absolute Gasteiger partial charge is 0.486 e. The third-order valence-corrected chi connectivity index (χ3v) is 4.18. The Balaban J connectivity index is 1.66. The first-order chi connectivity index (χ1) is 13.3. The zero-order valence-corrected chi connectivity index (χ0v) is 15.4. The first-order valence-electron chi connectivity index (χ1n) is 8.20. The number of esters is 1. The lowest BCUT2D eigenvalue weighted by atomic mass is 10.2. The van der Waals surface area contributed by atoms with Crippen LogP contribution in [0.5, 0.6) is 11.5 Å². The van der Waals surface area contributed by atoms with E-state index in [1.807, 2.05) is 0 Å². The van der Waals surface area contributed by atoms with E-state index >= 15 is 0 Å². The highest BCUT2D eigenvalue weighted by molar-refractivity contribution is 6.33. The average molecular weight is 407 g/mol. The van der Waals surface area contributed by atoms with Crippen molar-refractivity contribution < 1.29 is 28.7 Å². The van der Waals surface area contributed by atoms with Crippen molar-refractivity contribution >= 4 is 34.9 Å². The Kier molecular flexibility index (Phi) is 5.65. The molecule has 28 heavy (non-hydrogen) atoms. The van der Waals surface area contributed by atoms with Crippen LogP contribution < -0.4 is 14.8 Å². The normalized spacial score (nSPS) is 13.4. The number of nitrogens with one attached hydrogen (secondary N) is 1. The summed E-state index contributed by atoms with van der Waals surface area (Å²) in [6, 6.07) is 8.18. The van der Waals surface area contributed by atoms with Gasteiger partial charge >= 0.3 is 5.97 Å². The van der Waals surface area contributed by atoms with Gasteiger partial charge in [-0.15, -0.1) is 0 Å². The number of carbonyl (C=O) groups excluding carboxylic acids is 2. The summed E-state index contributed by atoms with van der Waals surface area (Å²) in [4.78, 5) is 34.8. The fourth-order valence-corrected chi connectivity index (χ4v) is 2.57. The zero-order chi connectivity index (χ0) is 20.3. The van der Waals surface area contributed by atoms with E-state index in [9.17, 15) is 19.7 Å². The molecular weight excluding hydrogens is 392 g/mol. The van der Waals surface area contributed by atoms with Gasteiger partial charge in [0.25, 0.3) is 11.6 Å². The van der Waals surface area contributed by atoms with Crippen molar-refractivity contribution in [1.29, 1.82) is 0 Å². The standard InChI is InChI=1S/C18H15ClN2O7/c1-10(17(22)20-14-9-12(21(24)25)3-4-13(14)19)28-18(23)11-2-5-15-16(8-11)27-7-6-26-15/h2-5,8-10H,6-7H2,1H3,(H,20,22)/t10-/m0/s1. The Bertz CT molecular complexity index is 948. The minimum Gasteiger partial charge on any atom is -0.486 e. The monoisotopic (exact) mass is 406 g/mol. The highest BCUT2D eigenvalue weighted by Gasteiger charge is 2.22. The smallest absolute Gasteiger partial charge is 0.339 e. The van der Waals surface area contributed by atoms with Crippen LogP contribution in [0.15, 0.2) is 36.4 Å². The second-order valence-corrected chi connectivity index (χ2v) is 6.22. The predicted molar refractivity (Wildman–Crippen MR) is 99.0 cm³/mol. The van der Waals surface area contributed by atoms with Gasteiger partial charge in [0.05, 0.1) is 21.2 Å². The van der Waals surface area contributed by atoms with E-state index in [1.54, 1.807) is 6.07 Å². The summed E-state index contributed by atoms with van der Waals surface area (Å²) < 4.78 is 15.9. The number of hydrogen-bond acceptors (Lipinski definition) is 7. The molecule has 0 spiro atoms. The first-order valence-corrected chi connectivity index (χ1v) is 8.58. The van der Waals surface area contributed by atoms with Gasteiger partial charge in [-0.1, -0.05) is 11.6 Å². The lowest BCUT2D eigenvalue weighted by Crippen LogP contribution is -2.30. The zero-order valence-electron chi connectivity index (χ0n) is 14.6. The fourth-order valence-electron chi connectivity index (χ4n) is 2.41. The maximum Gasteiger partial charge on any atom is 0.339 e. The highest BCUT2D eigenvalue weighted by atomic mass is 35.5. The molecule has 0 saturated carbocycles. The highest BCUT2D eigenvalue weighted by Crippen LogP contribution is 2.31. The Morgan fingerprint density at radius 3 is 2.61 bits per heavy atom. The summed E-state index contributed by atoms with van der Waals surface area (Å²) >= 11 is 5.95. The van der Waals surface area contributed by atoms with Gasteiger partial charge in [0.1, 0.15) is 13.2 Å². The molecule has 0 radical (unpaired) electrons. The number of fused-ring (bicyclic) bond motifs is 1. The molecule has 0 aliphatic carbocycles. The van der Waals surface area contributed by atoms with E-state index in [4.69, 9.17) is 25.8 Å². The molecule has 0 aromatic heterocycles. The molecule has 2 aromatic carbocycles. The van der Waals surface area contributed by atoms with Gasteiger partial charge in [0.2, 0.25) is 0 Å². The van der Waals surface area contributed by atoms with Crippen molar-refractivity contribution in [1.82, 2.24) is 0 Å². The third kappa shape index (κ3) is 4.32. The van der Waals surface area contributed by atoms with E-state index in [0.29, 0.717) is 24.7 Å². The van der Waals surface area contributed by atoms with Gasteiger partial charge in [-0.25, -0.2) is 4.79 Å². The molecule has 0 unspecified atom stereocenters. The predicted octanol–water partition coefficient (Wildman–Crippen LogP) is 3.20.